The molecule has 1 aliphatic carbocycles. The van der Waals surface area contributed by atoms with Crippen molar-refractivity contribution in [1.82, 2.24) is 4.90 Å². The molecule has 2 aromatic carbocycles. The topological polar surface area (TPSA) is 49.8 Å². The molecule has 1 amide bonds. The van der Waals surface area contributed by atoms with Gasteiger partial charge in [-0.05, 0) is 22.3 Å². The maximum atomic E-state index is 12.4. The number of benzene rings is 2. The predicted octanol–water partition coefficient (Wildman–Crippen LogP) is 3.40. The van der Waals surface area contributed by atoms with Gasteiger partial charge in [0.2, 0.25) is 0 Å². The van der Waals surface area contributed by atoms with Gasteiger partial charge in [-0.2, -0.15) is 0 Å². The van der Waals surface area contributed by atoms with E-state index in [4.69, 9.17) is 11.2 Å². The number of ether oxygens (including phenoxy) is 1. The van der Waals surface area contributed by atoms with Crippen molar-refractivity contribution in [1.29, 1.82) is 0 Å². The van der Waals surface area contributed by atoms with Crippen LogP contribution in [0.15, 0.2) is 48.5 Å². The van der Waals surface area contributed by atoms with Crippen LogP contribution in [0, 0.1) is 12.3 Å². The average molecular weight is 347 g/mol. The van der Waals surface area contributed by atoms with Crippen LogP contribution in [0.5, 0.6) is 0 Å². The number of fused-ring (bicyclic) bond motifs is 3. The van der Waals surface area contributed by atoms with Crippen molar-refractivity contribution in [2.24, 2.45) is 0 Å². The van der Waals surface area contributed by atoms with Gasteiger partial charge in [0.1, 0.15) is 12.2 Å². The fourth-order valence-corrected chi connectivity index (χ4v) is 3.89. The van der Waals surface area contributed by atoms with Crippen LogP contribution in [0.1, 0.15) is 29.9 Å². The third-order valence-electron chi connectivity index (χ3n) is 5.45. The molecule has 2 aliphatic rings. The quantitative estimate of drug-likeness (QED) is 0.847. The Morgan fingerprint density at radius 3 is 2.19 bits per heavy atom. The highest BCUT2D eigenvalue weighted by Crippen LogP contribution is 2.44. The van der Waals surface area contributed by atoms with E-state index in [1.54, 1.807) is 4.90 Å². The van der Waals surface area contributed by atoms with Crippen LogP contribution >= 0.6 is 0 Å². The second-order valence-electron chi connectivity index (χ2n) is 6.97. The minimum Gasteiger partial charge on any atom is -0.448 e. The molecule has 26 heavy (non-hydrogen) atoms. The number of amides is 1. The largest absolute Gasteiger partial charge is 0.448 e. The van der Waals surface area contributed by atoms with Crippen molar-refractivity contribution in [3.05, 3.63) is 59.7 Å². The van der Waals surface area contributed by atoms with Crippen molar-refractivity contribution in [3.63, 3.8) is 0 Å². The molecular formula is C22H21NO3. The summed E-state index contributed by atoms with van der Waals surface area (Å²) < 4.78 is 5.63. The maximum absolute atomic E-state index is 12.4. The van der Waals surface area contributed by atoms with Gasteiger partial charge >= 0.3 is 6.09 Å². The number of nitrogens with zero attached hydrogens (tertiary/aromatic N) is 1. The molecule has 0 unspecified atom stereocenters. The Balaban J connectivity index is 1.46. The van der Waals surface area contributed by atoms with Crippen LogP contribution in [0.3, 0.4) is 0 Å². The number of likely N-dealkylation sites (tertiary alicyclic amines) is 1. The normalized spacial score (nSPS) is 17.9. The van der Waals surface area contributed by atoms with E-state index in [2.05, 4.69) is 30.2 Å². The minimum absolute atomic E-state index is 0.0544. The van der Waals surface area contributed by atoms with Crippen LogP contribution in [0.25, 0.3) is 11.1 Å². The van der Waals surface area contributed by atoms with E-state index in [1.807, 2.05) is 24.3 Å². The van der Waals surface area contributed by atoms with Crippen LogP contribution in [-0.4, -0.2) is 41.4 Å². The summed E-state index contributed by atoms with van der Waals surface area (Å²) >= 11 is 0. The van der Waals surface area contributed by atoms with Gasteiger partial charge in [-0.1, -0.05) is 54.5 Å². The molecule has 0 bridgehead atoms. The third kappa shape index (κ3) is 2.85. The monoisotopic (exact) mass is 347 g/mol. The number of hydrogen-bond acceptors (Lipinski definition) is 3. The van der Waals surface area contributed by atoms with E-state index in [-0.39, 0.29) is 12.0 Å². The second-order valence-corrected chi connectivity index (χ2v) is 6.97. The Bertz CT molecular complexity index is 829. The van der Waals surface area contributed by atoms with E-state index >= 15 is 0 Å². The second kappa shape index (κ2) is 6.51. The van der Waals surface area contributed by atoms with E-state index < -0.39 is 5.60 Å². The Morgan fingerprint density at radius 2 is 1.65 bits per heavy atom. The lowest BCUT2D eigenvalue weighted by Crippen LogP contribution is -2.46. The van der Waals surface area contributed by atoms with Crippen LogP contribution in [0.4, 0.5) is 4.79 Å². The van der Waals surface area contributed by atoms with Gasteiger partial charge in [0.25, 0.3) is 0 Å². The molecule has 0 aromatic heterocycles. The first kappa shape index (κ1) is 16.7. The summed E-state index contributed by atoms with van der Waals surface area (Å²) in [6.45, 7) is 1.14. The Labute approximate surface area is 153 Å². The zero-order valence-electron chi connectivity index (χ0n) is 14.5. The summed E-state index contributed by atoms with van der Waals surface area (Å²) in [6, 6.07) is 16.5. The lowest BCUT2D eigenvalue weighted by Gasteiger charge is -2.34. The zero-order chi connectivity index (χ0) is 18.1. The number of carbonyl (C=O) groups excluding carboxylic acids is 1. The lowest BCUT2D eigenvalue weighted by molar-refractivity contribution is 0.0214. The third-order valence-corrected chi connectivity index (χ3v) is 5.45. The summed E-state index contributed by atoms with van der Waals surface area (Å²) in [6.07, 6.45) is 5.78. The molecular weight excluding hydrogens is 326 g/mol. The molecule has 0 saturated carbocycles. The number of terminal acetylenes is 1. The Morgan fingerprint density at radius 1 is 1.12 bits per heavy atom. The number of carbonyl (C=O) groups is 1. The fraction of sp³-hybridized carbons (Fsp3) is 0.318. The SMILES string of the molecule is C#CC1(O)CCN(C(=O)OCC2c3ccccc3-c3ccccc32)CC1. The summed E-state index contributed by atoms with van der Waals surface area (Å²) in [5.41, 5.74) is 3.71. The maximum Gasteiger partial charge on any atom is 0.409 e. The van der Waals surface area contributed by atoms with Crippen LogP contribution in [0.2, 0.25) is 0 Å². The molecule has 1 fully saturated rings. The first-order valence-corrected chi connectivity index (χ1v) is 8.91. The molecule has 1 heterocycles. The van der Waals surface area contributed by atoms with E-state index in [9.17, 15) is 9.90 Å². The lowest BCUT2D eigenvalue weighted by atomic mass is 9.93. The highest BCUT2D eigenvalue weighted by molar-refractivity contribution is 5.79. The fourth-order valence-electron chi connectivity index (χ4n) is 3.89. The van der Waals surface area contributed by atoms with Crippen molar-refractivity contribution >= 4 is 6.09 Å². The van der Waals surface area contributed by atoms with Gasteiger partial charge in [0.05, 0.1) is 0 Å². The van der Waals surface area contributed by atoms with Crippen molar-refractivity contribution < 1.29 is 14.6 Å². The predicted molar refractivity (Wildman–Crippen MR) is 99.7 cm³/mol. The highest BCUT2D eigenvalue weighted by Gasteiger charge is 2.34. The molecule has 132 valence electrons. The molecule has 1 N–H and O–H groups in total. The standard InChI is InChI=1S/C22H21NO3/c1-2-22(25)11-13-23(14-12-22)21(24)26-15-20-18-9-5-3-7-16(18)17-8-4-6-10-19(17)20/h1,3-10,20,25H,11-15H2. The summed E-state index contributed by atoms with van der Waals surface area (Å²) in [5.74, 6) is 2.47. The van der Waals surface area contributed by atoms with Gasteiger partial charge in [-0.3, -0.25) is 0 Å². The molecule has 4 nitrogen and oxygen atoms in total. The van der Waals surface area contributed by atoms with Gasteiger partial charge in [-0.15, -0.1) is 6.42 Å². The smallest absolute Gasteiger partial charge is 0.409 e. The molecule has 0 atom stereocenters. The highest BCUT2D eigenvalue weighted by atomic mass is 16.6. The van der Waals surface area contributed by atoms with E-state index in [1.165, 1.54) is 22.3 Å². The number of piperidine rings is 1. The number of rotatable bonds is 2. The molecule has 1 aliphatic heterocycles. The van der Waals surface area contributed by atoms with Crippen molar-refractivity contribution in [2.75, 3.05) is 19.7 Å². The summed E-state index contributed by atoms with van der Waals surface area (Å²) in [4.78, 5) is 14.1. The summed E-state index contributed by atoms with van der Waals surface area (Å²) in [7, 11) is 0. The molecule has 2 aromatic rings. The molecule has 1 saturated heterocycles. The zero-order valence-corrected chi connectivity index (χ0v) is 14.5. The van der Waals surface area contributed by atoms with Gasteiger partial charge in [-0.25, -0.2) is 4.79 Å². The average Bonchev–Trinajstić information content (AvgIpc) is 3.01. The van der Waals surface area contributed by atoms with E-state index in [0.717, 1.165) is 0 Å². The Kier molecular flexibility index (Phi) is 4.18. The van der Waals surface area contributed by atoms with Crippen molar-refractivity contribution in [2.45, 2.75) is 24.4 Å². The van der Waals surface area contributed by atoms with Crippen molar-refractivity contribution in [3.8, 4) is 23.5 Å². The minimum atomic E-state index is -1.10. The van der Waals surface area contributed by atoms with Crippen LogP contribution < -0.4 is 0 Å². The molecule has 4 rings (SSSR count). The molecule has 0 radical (unpaired) electrons. The first-order valence-electron chi connectivity index (χ1n) is 8.91. The van der Waals surface area contributed by atoms with Gasteiger partial charge < -0.3 is 14.7 Å². The Hall–Kier alpha value is -2.77. The van der Waals surface area contributed by atoms with Gasteiger partial charge in [0, 0.05) is 31.8 Å². The molecule has 4 heteroatoms. The molecule has 0 spiro atoms. The van der Waals surface area contributed by atoms with Gasteiger partial charge in [0.15, 0.2) is 0 Å². The first-order chi connectivity index (χ1) is 12.6. The summed E-state index contributed by atoms with van der Waals surface area (Å²) in [5, 5.41) is 10.1. The van der Waals surface area contributed by atoms with Crippen LogP contribution in [-0.2, 0) is 4.74 Å². The number of hydrogen-bond donors (Lipinski definition) is 1. The number of aliphatic hydroxyl groups is 1. The van der Waals surface area contributed by atoms with E-state index in [0.29, 0.717) is 32.5 Å².